The molecule has 0 aliphatic heterocycles. The Hall–Kier alpha value is -0.0400. The predicted octanol–water partition coefficient (Wildman–Crippen LogP) is 3.79. The van der Waals surface area contributed by atoms with Crippen LogP contribution in [0.5, 0.6) is 0 Å². The van der Waals surface area contributed by atoms with Gasteiger partial charge in [-0.05, 0) is 57.5 Å². The van der Waals surface area contributed by atoms with Crippen LogP contribution < -0.4 is 0 Å². The van der Waals surface area contributed by atoms with Crippen LogP contribution in [-0.4, -0.2) is 24.5 Å². The summed E-state index contributed by atoms with van der Waals surface area (Å²) in [5.41, 5.74) is 0. The van der Waals surface area contributed by atoms with E-state index in [-0.39, 0.29) is 0 Å². The average Bonchev–Trinajstić information content (AvgIpc) is 2.89. The van der Waals surface area contributed by atoms with Crippen molar-refractivity contribution in [1.29, 1.82) is 0 Å². The molecule has 0 bridgehead atoms. The fraction of sp³-hybridized carbons (Fsp3) is 1.00. The molecule has 1 aliphatic carbocycles. The third kappa shape index (κ3) is 4.14. The summed E-state index contributed by atoms with van der Waals surface area (Å²) in [4.78, 5) is 2.54. The number of hydrogen-bond acceptors (Lipinski definition) is 1. The van der Waals surface area contributed by atoms with Gasteiger partial charge in [0, 0.05) is 6.04 Å². The van der Waals surface area contributed by atoms with Gasteiger partial charge in [0.2, 0.25) is 0 Å². The van der Waals surface area contributed by atoms with Gasteiger partial charge in [0.1, 0.15) is 0 Å². The molecule has 1 heteroatoms. The summed E-state index contributed by atoms with van der Waals surface area (Å²) >= 11 is 0. The van der Waals surface area contributed by atoms with Crippen LogP contribution >= 0.6 is 0 Å². The molecule has 1 nitrogen and oxygen atoms in total. The van der Waals surface area contributed by atoms with Crippen molar-refractivity contribution in [3.8, 4) is 0 Å². The van der Waals surface area contributed by atoms with E-state index in [1.165, 1.54) is 32.2 Å². The largest absolute Gasteiger partial charge is 0.303 e. The van der Waals surface area contributed by atoms with Crippen molar-refractivity contribution in [3.05, 3.63) is 0 Å². The number of nitrogens with zero attached hydrogens (tertiary/aromatic N) is 1. The van der Waals surface area contributed by atoms with Crippen molar-refractivity contribution >= 4 is 0 Å². The van der Waals surface area contributed by atoms with Gasteiger partial charge in [-0.3, -0.25) is 0 Å². The zero-order valence-corrected chi connectivity index (χ0v) is 11.3. The van der Waals surface area contributed by atoms with Gasteiger partial charge in [-0.15, -0.1) is 0 Å². The molecule has 0 spiro atoms. The summed E-state index contributed by atoms with van der Waals surface area (Å²) in [7, 11) is 2.28. The molecule has 4 unspecified atom stereocenters. The molecule has 0 N–H and O–H groups in total. The molecule has 15 heavy (non-hydrogen) atoms. The van der Waals surface area contributed by atoms with E-state index in [9.17, 15) is 0 Å². The minimum absolute atomic E-state index is 0.754. The van der Waals surface area contributed by atoms with Gasteiger partial charge >= 0.3 is 0 Å². The molecule has 1 saturated carbocycles. The van der Waals surface area contributed by atoms with E-state index < -0.39 is 0 Å². The van der Waals surface area contributed by atoms with E-state index in [2.05, 4.69) is 39.6 Å². The molecule has 0 aromatic carbocycles. The summed E-state index contributed by atoms with van der Waals surface area (Å²) in [6.45, 7) is 10.8. The average molecular weight is 211 g/mol. The van der Waals surface area contributed by atoms with Crippen molar-refractivity contribution in [3.63, 3.8) is 0 Å². The Morgan fingerprint density at radius 3 is 2.40 bits per heavy atom. The highest BCUT2D eigenvalue weighted by atomic mass is 15.1. The van der Waals surface area contributed by atoms with Crippen LogP contribution in [0.1, 0.15) is 53.4 Å². The summed E-state index contributed by atoms with van der Waals surface area (Å²) in [5.74, 6) is 2.92. The minimum Gasteiger partial charge on any atom is -0.303 e. The lowest BCUT2D eigenvalue weighted by atomic mass is 9.95. The zero-order chi connectivity index (χ0) is 11.4. The fourth-order valence-corrected chi connectivity index (χ4v) is 2.45. The lowest BCUT2D eigenvalue weighted by molar-refractivity contribution is 0.185. The number of hydrogen-bond donors (Lipinski definition) is 0. The van der Waals surface area contributed by atoms with E-state index >= 15 is 0 Å². The number of rotatable bonds is 7. The maximum atomic E-state index is 2.54. The maximum absolute atomic E-state index is 2.54. The highest BCUT2D eigenvalue weighted by molar-refractivity contribution is 4.85. The number of unbranched alkanes of at least 4 members (excludes halogenated alkanes) is 1. The second-order valence-corrected chi connectivity index (χ2v) is 5.76. The second-order valence-electron chi connectivity index (χ2n) is 5.76. The molecular formula is C14H29N. The molecule has 0 aromatic heterocycles. The standard InChI is InChI=1S/C14H29N/c1-6-7-8-15(5)13(4)11(2)9-14-10-12(14)3/h11-14H,6-10H2,1-5H3. The summed E-state index contributed by atoms with van der Waals surface area (Å²) < 4.78 is 0. The van der Waals surface area contributed by atoms with Crippen molar-refractivity contribution in [1.82, 2.24) is 4.90 Å². The normalized spacial score (nSPS) is 29.2. The van der Waals surface area contributed by atoms with Crippen LogP contribution in [0.4, 0.5) is 0 Å². The molecule has 4 atom stereocenters. The fourth-order valence-electron chi connectivity index (χ4n) is 2.45. The molecule has 0 heterocycles. The summed E-state index contributed by atoms with van der Waals surface area (Å²) in [5, 5.41) is 0. The van der Waals surface area contributed by atoms with Crippen molar-refractivity contribution in [2.75, 3.05) is 13.6 Å². The topological polar surface area (TPSA) is 3.24 Å². The van der Waals surface area contributed by atoms with E-state index in [0.717, 1.165) is 23.8 Å². The Bertz CT molecular complexity index is 178. The monoisotopic (exact) mass is 211 g/mol. The van der Waals surface area contributed by atoms with E-state index in [1.807, 2.05) is 0 Å². The molecule has 90 valence electrons. The first-order valence-corrected chi connectivity index (χ1v) is 6.76. The molecule has 1 aliphatic rings. The first-order chi connectivity index (χ1) is 7.06. The van der Waals surface area contributed by atoms with Crippen LogP contribution in [0.3, 0.4) is 0 Å². The second kappa shape index (κ2) is 5.89. The highest BCUT2D eigenvalue weighted by Gasteiger charge is 2.34. The Labute approximate surface area is 96.2 Å². The zero-order valence-electron chi connectivity index (χ0n) is 11.3. The van der Waals surface area contributed by atoms with E-state index in [4.69, 9.17) is 0 Å². The van der Waals surface area contributed by atoms with E-state index in [0.29, 0.717) is 0 Å². The van der Waals surface area contributed by atoms with Crippen LogP contribution in [0.15, 0.2) is 0 Å². The molecule has 0 radical (unpaired) electrons. The maximum Gasteiger partial charge on any atom is 0.00896 e. The summed E-state index contributed by atoms with van der Waals surface area (Å²) in [6.07, 6.45) is 5.58. The Morgan fingerprint density at radius 1 is 1.33 bits per heavy atom. The van der Waals surface area contributed by atoms with Crippen molar-refractivity contribution in [2.24, 2.45) is 17.8 Å². The van der Waals surface area contributed by atoms with Gasteiger partial charge in [-0.2, -0.15) is 0 Å². The van der Waals surface area contributed by atoms with Gasteiger partial charge in [0.15, 0.2) is 0 Å². The van der Waals surface area contributed by atoms with Crippen LogP contribution in [0.2, 0.25) is 0 Å². The van der Waals surface area contributed by atoms with Gasteiger partial charge in [0.25, 0.3) is 0 Å². The Kier molecular flexibility index (Phi) is 5.11. The first-order valence-electron chi connectivity index (χ1n) is 6.76. The van der Waals surface area contributed by atoms with Gasteiger partial charge < -0.3 is 4.90 Å². The molecule has 0 aromatic rings. The molecular weight excluding hydrogens is 182 g/mol. The molecule has 0 amide bonds. The smallest absolute Gasteiger partial charge is 0.00896 e. The lowest BCUT2D eigenvalue weighted by Gasteiger charge is -2.30. The first kappa shape index (κ1) is 13.0. The lowest BCUT2D eigenvalue weighted by Crippen LogP contribution is -2.35. The third-order valence-corrected chi connectivity index (χ3v) is 4.33. The Morgan fingerprint density at radius 2 is 1.93 bits per heavy atom. The van der Waals surface area contributed by atoms with Gasteiger partial charge in [0.05, 0.1) is 0 Å². The SMILES string of the molecule is CCCCN(C)C(C)C(C)CC1CC1C. The van der Waals surface area contributed by atoms with Gasteiger partial charge in [-0.1, -0.05) is 27.2 Å². The molecule has 1 rings (SSSR count). The van der Waals surface area contributed by atoms with Crippen LogP contribution in [0, 0.1) is 17.8 Å². The molecule has 1 fully saturated rings. The minimum atomic E-state index is 0.754. The van der Waals surface area contributed by atoms with E-state index in [1.54, 1.807) is 0 Å². The van der Waals surface area contributed by atoms with Crippen LogP contribution in [-0.2, 0) is 0 Å². The Balaban J connectivity index is 2.21. The third-order valence-electron chi connectivity index (χ3n) is 4.33. The van der Waals surface area contributed by atoms with Gasteiger partial charge in [-0.25, -0.2) is 0 Å². The predicted molar refractivity (Wildman–Crippen MR) is 68.1 cm³/mol. The highest BCUT2D eigenvalue weighted by Crippen LogP contribution is 2.43. The van der Waals surface area contributed by atoms with Crippen molar-refractivity contribution in [2.45, 2.75) is 59.4 Å². The van der Waals surface area contributed by atoms with Crippen molar-refractivity contribution < 1.29 is 0 Å². The van der Waals surface area contributed by atoms with Crippen LogP contribution in [0.25, 0.3) is 0 Å². The summed E-state index contributed by atoms with van der Waals surface area (Å²) in [6, 6.07) is 0.754. The quantitative estimate of drug-likeness (QED) is 0.619. The molecule has 0 saturated heterocycles.